The second-order valence-corrected chi connectivity index (χ2v) is 6.59. The smallest absolute Gasteiger partial charge is 0.236 e. The van der Waals surface area contributed by atoms with Crippen molar-refractivity contribution in [3.05, 3.63) is 22.4 Å². The van der Waals surface area contributed by atoms with Crippen LogP contribution in [0.2, 0.25) is 0 Å². The molecule has 0 aliphatic carbocycles. The molecule has 0 spiro atoms. The molecular formula is C15H24N4OS. The van der Waals surface area contributed by atoms with E-state index in [-0.39, 0.29) is 0 Å². The summed E-state index contributed by atoms with van der Waals surface area (Å²) in [7, 11) is 0. The Hall–Kier alpha value is -0.950. The lowest BCUT2D eigenvalue weighted by Crippen LogP contribution is -2.53. The molecule has 0 bridgehead atoms. The van der Waals surface area contributed by atoms with Gasteiger partial charge in [-0.15, -0.1) is 0 Å². The van der Waals surface area contributed by atoms with Gasteiger partial charge in [-0.1, -0.05) is 0 Å². The highest BCUT2D eigenvalue weighted by Crippen LogP contribution is 2.12. The van der Waals surface area contributed by atoms with Crippen molar-refractivity contribution >= 4 is 17.2 Å². The molecule has 116 valence electrons. The number of thiophene rings is 1. The van der Waals surface area contributed by atoms with Gasteiger partial charge >= 0.3 is 0 Å². The third-order valence-electron chi connectivity index (χ3n) is 4.28. The Bertz CT molecular complexity index is 437. The van der Waals surface area contributed by atoms with Gasteiger partial charge in [0.05, 0.1) is 6.54 Å². The van der Waals surface area contributed by atoms with E-state index in [2.05, 4.69) is 31.9 Å². The van der Waals surface area contributed by atoms with Gasteiger partial charge in [0.25, 0.3) is 0 Å². The van der Waals surface area contributed by atoms with Crippen molar-refractivity contribution in [2.45, 2.75) is 6.54 Å². The van der Waals surface area contributed by atoms with Gasteiger partial charge in [0.2, 0.25) is 5.91 Å². The average Bonchev–Trinajstić information content (AvgIpc) is 3.02. The molecule has 2 aliphatic heterocycles. The zero-order valence-electron chi connectivity index (χ0n) is 12.5. The molecule has 1 aromatic heterocycles. The molecule has 0 saturated carbocycles. The van der Waals surface area contributed by atoms with Gasteiger partial charge in [-0.2, -0.15) is 11.3 Å². The minimum Gasteiger partial charge on any atom is -0.339 e. The molecule has 3 heterocycles. The predicted molar refractivity (Wildman–Crippen MR) is 85.5 cm³/mol. The second-order valence-electron chi connectivity index (χ2n) is 5.81. The van der Waals surface area contributed by atoms with Crippen LogP contribution in [0.25, 0.3) is 0 Å². The molecule has 0 aromatic carbocycles. The molecule has 3 rings (SSSR count). The highest BCUT2D eigenvalue weighted by atomic mass is 32.1. The summed E-state index contributed by atoms with van der Waals surface area (Å²) < 4.78 is 0. The lowest BCUT2D eigenvalue weighted by atomic mass is 10.2. The van der Waals surface area contributed by atoms with E-state index in [1.165, 1.54) is 5.56 Å². The third kappa shape index (κ3) is 4.26. The Morgan fingerprint density at radius 1 is 1.10 bits per heavy atom. The first-order valence-corrected chi connectivity index (χ1v) is 8.70. The molecule has 0 atom stereocenters. The number of piperazine rings is 2. The number of rotatable bonds is 4. The van der Waals surface area contributed by atoms with Crippen molar-refractivity contribution in [2.24, 2.45) is 0 Å². The van der Waals surface area contributed by atoms with Crippen molar-refractivity contribution in [2.75, 3.05) is 58.9 Å². The monoisotopic (exact) mass is 308 g/mol. The molecule has 1 N–H and O–H groups in total. The number of nitrogens with one attached hydrogen (secondary N) is 1. The van der Waals surface area contributed by atoms with Crippen LogP contribution in [0.3, 0.4) is 0 Å². The predicted octanol–water partition coefficient (Wildman–Crippen LogP) is 0.298. The average molecular weight is 308 g/mol. The first-order valence-electron chi connectivity index (χ1n) is 7.75. The van der Waals surface area contributed by atoms with Crippen molar-refractivity contribution in [3.8, 4) is 0 Å². The molecule has 0 radical (unpaired) electrons. The van der Waals surface area contributed by atoms with E-state index in [1.807, 2.05) is 4.90 Å². The van der Waals surface area contributed by atoms with Crippen LogP contribution >= 0.6 is 11.3 Å². The van der Waals surface area contributed by atoms with E-state index in [4.69, 9.17) is 0 Å². The Labute approximate surface area is 130 Å². The normalized spacial score (nSPS) is 21.6. The van der Waals surface area contributed by atoms with E-state index in [9.17, 15) is 4.79 Å². The summed E-state index contributed by atoms with van der Waals surface area (Å²) in [6.45, 7) is 9.31. The van der Waals surface area contributed by atoms with Crippen LogP contribution in [0.15, 0.2) is 16.8 Å². The van der Waals surface area contributed by atoms with Crippen LogP contribution in [0.1, 0.15) is 5.56 Å². The summed E-state index contributed by atoms with van der Waals surface area (Å²) in [5.74, 6) is 0.298. The second kappa shape index (κ2) is 7.35. The van der Waals surface area contributed by atoms with Crippen molar-refractivity contribution in [1.29, 1.82) is 0 Å². The van der Waals surface area contributed by atoms with Crippen LogP contribution in [-0.2, 0) is 11.3 Å². The van der Waals surface area contributed by atoms with Crippen molar-refractivity contribution in [1.82, 2.24) is 20.0 Å². The number of hydrogen-bond acceptors (Lipinski definition) is 5. The minimum atomic E-state index is 0.298. The lowest BCUT2D eigenvalue weighted by molar-refractivity contribution is -0.134. The first-order chi connectivity index (χ1) is 10.3. The zero-order chi connectivity index (χ0) is 14.5. The van der Waals surface area contributed by atoms with Crippen LogP contribution in [0, 0.1) is 0 Å². The maximum atomic E-state index is 12.3. The van der Waals surface area contributed by atoms with Gasteiger partial charge in [-0.25, -0.2) is 0 Å². The van der Waals surface area contributed by atoms with E-state index >= 15 is 0 Å². The molecule has 5 nitrogen and oxygen atoms in total. The summed E-state index contributed by atoms with van der Waals surface area (Å²) in [6.07, 6.45) is 0. The van der Waals surface area contributed by atoms with Gasteiger partial charge in [0.1, 0.15) is 0 Å². The van der Waals surface area contributed by atoms with E-state index in [0.717, 1.165) is 58.9 Å². The summed E-state index contributed by atoms with van der Waals surface area (Å²) in [6, 6.07) is 2.19. The standard InChI is InChI=1S/C15H24N4OS/c20-15(12-17-4-2-16-3-5-17)19-8-6-18(7-9-19)11-14-1-10-21-13-14/h1,10,13,16H,2-9,11-12H2. The van der Waals surface area contributed by atoms with Gasteiger partial charge in [0, 0.05) is 58.9 Å². The van der Waals surface area contributed by atoms with E-state index < -0.39 is 0 Å². The molecule has 1 aromatic rings. The maximum Gasteiger partial charge on any atom is 0.236 e. The fraction of sp³-hybridized carbons (Fsp3) is 0.667. The summed E-state index contributed by atoms with van der Waals surface area (Å²) >= 11 is 1.75. The summed E-state index contributed by atoms with van der Waals surface area (Å²) in [5.41, 5.74) is 1.39. The van der Waals surface area contributed by atoms with Gasteiger partial charge in [-0.3, -0.25) is 14.6 Å². The van der Waals surface area contributed by atoms with Crippen LogP contribution in [0.4, 0.5) is 0 Å². The van der Waals surface area contributed by atoms with Gasteiger partial charge in [-0.05, 0) is 22.4 Å². The highest BCUT2D eigenvalue weighted by Gasteiger charge is 2.23. The maximum absolute atomic E-state index is 12.3. The fourth-order valence-corrected chi connectivity index (χ4v) is 3.62. The zero-order valence-corrected chi connectivity index (χ0v) is 13.3. The molecule has 2 aliphatic rings. The summed E-state index contributed by atoms with van der Waals surface area (Å²) in [5, 5.41) is 7.66. The largest absolute Gasteiger partial charge is 0.339 e. The quantitative estimate of drug-likeness (QED) is 0.868. The number of carbonyl (C=O) groups excluding carboxylic acids is 1. The minimum absolute atomic E-state index is 0.298. The van der Waals surface area contributed by atoms with Gasteiger partial charge in [0.15, 0.2) is 0 Å². The fourth-order valence-electron chi connectivity index (χ4n) is 2.96. The van der Waals surface area contributed by atoms with Crippen molar-refractivity contribution in [3.63, 3.8) is 0 Å². The van der Waals surface area contributed by atoms with Crippen LogP contribution in [0.5, 0.6) is 0 Å². The Kier molecular flexibility index (Phi) is 5.24. The lowest BCUT2D eigenvalue weighted by Gasteiger charge is -2.36. The first kappa shape index (κ1) is 15.0. The number of hydrogen-bond donors (Lipinski definition) is 1. The SMILES string of the molecule is O=C(CN1CCNCC1)N1CCN(Cc2ccsc2)CC1. The highest BCUT2D eigenvalue weighted by molar-refractivity contribution is 7.07. The van der Waals surface area contributed by atoms with Crippen LogP contribution < -0.4 is 5.32 Å². The number of nitrogens with zero attached hydrogens (tertiary/aromatic N) is 3. The third-order valence-corrected chi connectivity index (χ3v) is 5.01. The molecule has 21 heavy (non-hydrogen) atoms. The Balaban J connectivity index is 1.41. The topological polar surface area (TPSA) is 38.8 Å². The van der Waals surface area contributed by atoms with E-state index in [1.54, 1.807) is 11.3 Å². The number of amides is 1. The molecular weight excluding hydrogens is 284 g/mol. The van der Waals surface area contributed by atoms with Crippen LogP contribution in [-0.4, -0.2) is 79.5 Å². The summed E-state index contributed by atoms with van der Waals surface area (Å²) in [4.78, 5) is 19.1. The molecule has 1 amide bonds. The van der Waals surface area contributed by atoms with E-state index in [0.29, 0.717) is 12.5 Å². The Morgan fingerprint density at radius 2 is 1.86 bits per heavy atom. The van der Waals surface area contributed by atoms with Crippen molar-refractivity contribution < 1.29 is 4.79 Å². The molecule has 2 fully saturated rings. The number of carbonyl (C=O) groups is 1. The molecule has 0 unspecified atom stereocenters. The van der Waals surface area contributed by atoms with Gasteiger partial charge < -0.3 is 10.2 Å². The molecule has 2 saturated heterocycles. The Morgan fingerprint density at radius 3 is 2.52 bits per heavy atom. The molecule has 6 heteroatoms.